The maximum atomic E-state index is 6.28. The molecule has 1 aliphatic rings. The number of aromatic nitrogens is 5. The highest BCUT2D eigenvalue weighted by Gasteiger charge is 2.29. The predicted octanol–water partition coefficient (Wildman–Crippen LogP) is 2.87. The van der Waals surface area contributed by atoms with Gasteiger partial charge in [-0.2, -0.15) is 5.10 Å². The van der Waals surface area contributed by atoms with Crippen molar-refractivity contribution in [2.45, 2.75) is 19.8 Å². The van der Waals surface area contributed by atoms with E-state index in [4.69, 9.17) is 34.7 Å². The second-order valence-electron chi connectivity index (χ2n) is 7.19. The van der Waals surface area contributed by atoms with Gasteiger partial charge in [0.15, 0.2) is 5.65 Å². The minimum Gasteiger partial charge on any atom is -0.382 e. The number of nitrogens with two attached hydrogens (primary N) is 2. The predicted molar refractivity (Wildman–Crippen MR) is 108 cm³/mol. The minimum absolute atomic E-state index is 0.149. The number of fused-ring (bicyclic) bond motifs is 1. The smallest absolute Gasteiger partial charge is 0.177 e. The van der Waals surface area contributed by atoms with Crippen LogP contribution < -0.4 is 16.4 Å². The minimum atomic E-state index is 0.149. The first-order valence-electron chi connectivity index (χ1n) is 8.68. The number of pyridine rings is 1. The molecular formula is C17H20Cl2N8. The largest absolute Gasteiger partial charge is 0.382 e. The molecular weight excluding hydrogens is 387 g/mol. The van der Waals surface area contributed by atoms with Gasteiger partial charge in [0.25, 0.3) is 0 Å². The third kappa shape index (κ3) is 3.28. The Bertz CT molecular complexity index is 994. The fourth-order valence-electron chi connectivity index (χ4n) is 3.30. The van der Waals surface area contributed by atoms with Crippen LogP contribution in [0.3, 0.4) is 0 Å². The van der Waals surface area contributed by atoms with E-state index in [0.29, 0.717) is 29.0 Å². The van der Waals surface area contributed by atoms with Gasteiger partial charge in [0.05, 0.1) is 11.2 Å². The van der Waals surface area contributed by atoms with Crippen molar-refractivity contribution in [2.75, 3.05) is 30.3 Å². The Hall–Kier alpha value is -2.16. The summed E-state index contributed by atoms with van der Waals surface area (Å²) in [6, 6.07) is 1.61. The first-order chi connectivity index (χ1) is 12.9. The van der Waals surface area contributed by atoms with Crippen molar-refractivity contribution >= 4 is 46.0 Å². The van der Waals surface area contributed by atoms with Crippen LogP contribution >= 0.6 is 23.2 Å². The summed E-state index contributed by atoms with van der Waals surface area (Å²) in [5.41, 5.74) is 14.2. The number of nitrogens with zero attached hydrogens (tertiary/aromatic N) is 5. The molecule has 8 nitrogen and oxygen atoms in total. The van der Waals surface area contributed by atoms with E-state index < -0.39 is 0 Å². The molecule has 0 saturated carbocycles. The fourth-order valence-corrected chi connectivity index (χ4v) is 3.69. The van der Waals surface area contributed by atoms with Crippen LogP contribution in [0.1, 0.15) is 19.8 Å². The van der Waals surface area contributed by atoms with Crippen molar-refractivity contribution in [2.24, 2.45) is 11.1 Å². The van der Waals surface area contributed by atoms with Crippen LogP contribution in [-0.4, -0.2) is 44.8 Å². The Balaban J connectivity index is 1.67. The molecule has 27 heavy (non-hydrogen) atoms. The molecule has 1 aliphatic heterocycles. The second kappa shape index (κ2) is 6.78. The third-order valence-electron chi connectivity index (χ3n) is 5.25. The van der Waals surface area contributed by atoms with E-state index in [9.17, 15) is 0 Å². The van der Waals surface area contributed by atoms with Crippen molar-refractivity contribution < 1.29 is 0 Å². The van der Waals surface area contributed by atoms with Gasteiger partial charge in [-0.15, -0.1) is 0 Å². The molecule has 4 rings (SSSR count). The molecule has 0 amide bonds. The number of halogens is 2. The topological polar surface area (TPSA) is 123 Å². The highest BCUT2D eigenvalue weighted by molar-refractivity contribution is 6.37. The van der Waals surface area contributed by atoms with Gasteiger partial charge in [-0.25, -0.2) is 15.0 Å². The molecule has 0 radical (unpaired) electrons. The number of hydrogen-bond acceptors (Lipinski definition) is 7. The van der Waals surface area contributed by atoms with Crippen LogP contribution in [-0.2, 0) is 0 Å². The fraction of sp³-hybridized carbons (Fsp3) is 0.412. The molecule has 0 bridgehead atoms. The number of piperidine rings is 1. The summed E-state index contributed by atoms with van der Waals surface area (Å²) in [4.78, 5) is 15.4. The second-order valence-corrected chi connectivity index (χ2v) is 7.96. The number of nitrogens with one attached hydrogen (secondary N) is 1. The Morgan fingerprint density at radius 3 is 2.70 bits per heavy atom. The molecule has 0 aliphatic carbocycles. The van der Waals surface area contributed by atoms with Crippen molar-refractivity contribution in [1.82, 2.24) is 25.1 Å². The normalized spacial score (nSPS) is 16.8. The van der Waals surface area contributed by atoms with Gasteiger partial charge >= 0.3 is 0 Å². The van der Waals surface area contributed by atoms with Crippen LogP contribution in [0.5, 0.6) is 0 Å². The van der Waals surface area contributed by atoms with Crippen LogP contribution in [0.2, 0.25) is 10.2 Å². The average Bonchev–Trinajstić information content (AvgIpc) is 3.08. The van der Waals surface area contributed by atoms with E-state index in [1.54, 1.807) is 12.3 Å². The molecule has 0 atom stereocenters. The van der Waals surface area contributed by atoms with E-state index in [-0.39, 0.29) is 21.4 Å². The van der Waals surface area contributed by atoms with Crippen LogP contribution in [0.4, 0.5) is 11.6 Å². The monoisotopic (exact) mass is 406 g/mol. The Morgan fingerprint density at radius 1 is 1.26 bits per heavy atom. The summed E-state index contributed by atoms with van der Waals surface area (Å²) in [7, 11) is 0. The lowest BCUT2D eigenvalue weighted by molar-refractivity contribution is 0.258. The van der Waals surface area contributed by atoms with Gasteiger partial charge in [-0.1, -0.05) is 30.1 Å². The summed E-state index contributed by atoms with van der Waals surface area (Å²) >= 11 is 12.3. The molecule has 3 aromatic heterocycles. The van der Waals surface area contributed by atoms with E-state index in [1.165, 1.54) is 0 Å². The van der Waals surface area contributed by atoms with Gasteiger partial charge in [-0.3, -0.25) is 5.10 Å². The molecule has 1 saturated heterocycles. The van der Waals surface area contributed by atoms with E-state index in [1.807, 2.05) is 0 Å². The molecule has 4 heterocycles. The zero-order chi connectivity index (χ0) is 19.2. The third-order valence-corrected chi connectivity index (χ3v) is 5.84. The summed E-state index contributed by atoms with van der Waals surface area (Å²) in [5.74, 6) is 0.964. The van der Waals surface area contributed by atoms with Gasteiger partial charge < -0.3 is 16.4 Å². The number of rotatable bonds is 3. The summed E-state index contributed by atoms with van der Waals surface area (Å²) in [6.45, 7) is 4.73. The zero-order valence-corrected chi connectivity index (χ0v) is 16.3. The van der Waals surface area contributed by atoms with Crippen LogP contribution in [0.15, 0.2) is 12.3 Å². The number of H-pyrrole nitrogens is 1. The molecule has 5 N–H and O–H groups in total. The standard InChI is InChI=1S/C17H20Cl2N8/c1-17(8-20)2-4-27(5-3-17)11-7-22-14-13(25-26-16(14)24-11)9-6-10(18)23-15(21)12(9)19/h6-7H,2-5,8,20H2,1H3,(H2,21,23)(H,24,25,26). The van der Waals surface area contributed by atoms with Crippen LogP contribution in [0.25, 0.3) is 22.4 Å². The molecule has 142 valence electrons. The first-order valence-corrected chi connectivity index (χ1v) is 9.44. The van der Waals surface area contributed by atoms with Gasteiger partial charge in [-0.05, 0) is 30.9 Å². The van der Waals surface area contributed by atoms with Crippen LogP contribution in [0, 0.1) is 5.41 Å². The highest BCUT2D eigenvalue weighted by Crippen LogP contribution is 2.36. The summed E-state index contributed by atoms with van der Waals surface area (Å²) in [6.07, 6.45) is 3.82. The van der Waals surface area contributed by atoms with Gasteiger partial charge in [0.2, 0.25) is 0 Å². The Morgan fingerprint density at radius 2 is 2.00 bits per heavy atom. The molecule has 1 fully saturated rings. The van der Waals surface area contributed by atoms with Crippen molar-refractivity contribution in [1.29, 1.82) is 0 Å². The molecule has 3 aromatic rings. The number of nitrogen functional groups attached to an aromatic ring is 1. The lowest BCUT2D eigenvalue weighted by Gasteiger charge is -2.39. The molecule has 10 heteroatoms. The number of aromatic amines is 1. The van der Waals surface area contributed by atoms with Gasteiger partial charge in [0.1, 0.15) is 28.0 Å². The Labute approximate surface area is 166 Å². The summed E-state index contributed by atoms with van der Waals surface area (Å²) < 4.78 is 0. The number of hydrogen-bond donors (Lipinski definition) is 3. The zero-order valence-electron chi connectivity index (χ0n) is 14.8. The lowest BCUT2D eigenvalue weighted by atomic mass is 9.80. The van der Waals surface area contributed by atoms with Crippen molar-refractivity contribution in [3.8, 4) is 11.3 Å². The molecule has 0 spiro atoms. The molecule has 0 aromatic carbocycles. The maximum absolute atomic E-state index is 6.28. The highest BCUT2D eigenvalue weighted by atomic mass is 35.5. The first kappa shape index (κ1) is 18.2. The SMILES string of the molecule is CC1(CN)CCN(c2cnc3c(-c4cc(Cl)nc(N)c4Cl)n[nH]c3n2)CC1. The van der Waals surface area contributed by atoms with E-state index >= 15 is 0 Å². The lowest BCUT2D eigenvalue weighted by Crippen LogP contribution is -2.42. The van der Waals surface area contributed by atoms with Crippen molar-refractivity contribution in [3.05, 3.63) is 22.4 Å². The van der Waals surface area contributed by atoms with E-state index in [2.05, 4.69) is 37.0 Å². The van der Waals surface area contributed by atoms with E-state index in [0.717, 1.165) is 31.7 Å². The maximum Gasteiger partial charge on any atom is 0.177 e. The molecule has 0 unspecified atom stereocenters. The van der Waals surface area contributed by atoms with Gasteiger partial charge in [0, 0.05) is 18.7 Å². The number of anilines is 2. The Kier molecular flexibility index (Phi) is 4.57. The average molecular weight is 407 g/mol. The summed E-state index contributed by atoms with van der Waals surface area (Å²) in [5, 5.41) is 7.77. The van der Waals surface area contributed by atoms with Crippen molar-refractivity contribution in [3.63, 3.8) is 0 Å². The quantitative estimate of drug-likeness (QED) is 0.571.